The lowest BCUT2D eigenvalue weighted by atomic mass is 9.64. The van der Waals surface area contributed by atoms with Gasteiger partial charge in [-0.05, 0) is 103 Å². The Balaban J connectivity index is 1.16. The van der Waals surface area contributed by atoms with Crippen LogP contribution in [0.15, 0.2) is 42.5 Å². The largest absolute Gasteiger partial charge is 0.489 e. The van der Waals surface area contributed by atoms with Crippen molar-refractivity contribution in [1.82, 2.24) is 10.6 Å². The maximum absolute atomic E-state index is 13.1. The number of rotatable bonds is 14. The third-order valence-electron chi connectivity index (χ3n) is 10.7. The molecule has 0 aromatic heterocycles. The Labute approximate surface area is 265 Å². The average Bonchev–Trinajstić information content (AvgIpc) is 3.92. The Kier molecular flexibility index (Phi) is 9.28. The van der Waals surface area contributed by atoms with Crippen LogP contribution in [0.25, 0.3) is 0 Å². The van der Waals surface area contributed by atoms with E-state index in [1.807, 2.05) is 38.1 Å². The topological polar surface area (TPSA) is 142 Å². The summed E-state index contributed by atoms with van der Waals surface area (Å²) < 4.78 is 6.22. The van der Waals surface area contributed by atoms with E-state index in [0.29, 0.717) is 31.3 Å². The summed E-state index contributed by atoms with van der Waals surface area (Å²) in [5, 5.41) is 24.4. The van der Waals surface area contributed by atoms with Crippen LogP contribution in [-0.2, 0) is 32.2 Å². The molecule has 4 atom stereocenters. The van der Waals surface area contributed by atoms with Gasteiger partial charge in [-0.25, -0.2) is 4.79 Å². The minimum atomic E-state index is -1.12. The number of carboxylic acids is 2. The van der Waals surface area contributed by atoms with Crippen LogP contribution in [0.4, 0.5) is 0 Å². The average molecular weight is 619 g/mol. The minimum Gasteiger partial charge on any atom is -0.489 e. The first kappa shape index (κ1) is 32.5. The number of carboxylic acid groups (broad SMARTS) is 2. The summed E-state index contributed by atoms with van der Waals surface area (Å²) in [4.78, 5) is 49.5. The Morgan fingerprint density at radius 3 is 2.00 bits per heavy atom. The van der Waals surface area contributed by atoms with Crippen LogP contribution in [0.1, 0.15) is 107 Å². The van der Waals surface area contributed by atoms with Gasteiger partial charge in [0.2, 0.25) is 11.8 Å². The first-order valence-corrected chi connectivity index (χ1v) is 16.2. The number of benzene rings is 2. The van der Waals surface area contributed by atoms with Crippen molar-refractivity contribution in [2.24, 2.45) is 16.7 Å². The Bertz CT molecular complexity index is 1410. The van der Waals surface area contributed by atoms with Gasteiger partial charge in [0.05, 0.1) is 5.41 Å². The molecule has 9 nitrogen and oxygen atoms in total. The first-order chi connectivity index (χ1) is 21.3. The van der Waals surface area contributed by atoms with E-state index in [1.54, 1.807) is 6.92 Å². The van der Waals surface area contributed by atoms with Crippen molar-refractivity contribution in [2.45, 2.75) is 110 Å². The number of amides is 2. The Morgan fingerprint density at radius 2 is 1.47 bits per heavy atom. The highest BCUT2D eigenvalue weighted by atomic mass is 16.5. The minimum absolute atomic E-state index is 0.0755. The molecule has 45 heavy (non-hydrogen) atoms. The van der Waals surface area contributed by atoms with Gasteiger partial charge in [-0.15, -0.1) is 0 Å². The fourth-order valence-corrected chi connectivity index (χ4v) is 6.91. The Morgan fingerprint density at radius 1 is 0.867 bits per heavy atom. The SMILES string of the molecule is C[C@H](NC(=O)[C@]1(C)CC[C@H](CC(=O)N[C@@H](Cc2ccc(OCc3c(C4CC4)cccc3C3CC3)cc2)C(=O)O)C1(C)C)C(=O)O. The van der Waals surface area contributed by atoms with E-state index in [4.69, 9.17) is 4.74 Å². The molecule has 0 saturated heterocycles. The zero-order valence-corrected chi connectivity index (χ0v) is 26.7. The normalized spacial score (nSPS) is 23.5. The van der Waals surface area contributed by atoms with E-state index in [0.717, 1.165) is 11.3 Å². The summed E-state index contributed by atoms with van der Waals surface area (Å²) in [5.41, 5.74) is 3.44. The number of hydrogen-bond donors (Lipinski definition) is 4. The quantitative estimate of drug-likeness (QED) is 0.217. The van der Waals surface area contributed by atoms with Crippen LogP contribution >= 0.6 is 0 Å². The van der Waals surface area contributed by atoms with Crippen molar-refractivity contribution < 1.29 is 34.1 Å². The summed E-state index contributed by atoms with van der Waals surface area (Å²) >= 11 is 0. The number of nitrogens with one attached hydrogen (secondary N) is 2. The van der Waals surface area contributed by atoms with Gasteiger partial charge in [0.1, 0.15) is 24.4 Å². The van der Waals surface area contributed by atoms with E-state index < -0.39 is 34.9 Å². The van der Waals surface area contributed by atoms with Gasteiger partial charge in [-0.3, -0.25) is 14.4 Å². The standard InChI is InChI=1S/C36H46N2O7/c1-21(32(40)41)37-34(44)36(4)17-16-25(35(36,2)3)19-31(39)38-30(33(42)43)18-22-8-14-26(15-9-22)45-20-29-27(23-10-11-23)6-5-7-28(29)24-12-13-24/h5-9,14-15,21,23-25,30H,10-13,16-20H2,1-4H3,(H,37,44)(H,38,39)(H,40,41)(H,42,43)/t21-,25+,30-,36-/m0/s1. The molecule has 3 saturated carbocycles. The molecule has 2 aromatic rings. The summed E-state index contributed by atoms with van der Waals surface area (Å²) in [6, 6.07) is 11.9. The third-order valence-corrected chi connectivity index (χ3v) is 10.7. The van der Waals surface area contributed by atoms with Crippen LogP contribution < -0.4 is 15.4 Å². The lowest BCUT2D eigenvalue weighted by molar-refractivity contribution is -0.145. The highest BCUT2D eigenvalue weighted by Crippen LogP contribution is 2.57. The number of ether oxygens (including phenoxy) is 1. The Hall–Kier alpha value is -3.88. The molecule has 0 aliphatic heterocycles. The van der Waals surface area contributed by atoms with E-state index >= 15 is 0 Å². The molecule has 0 bridgehead atoms. The molecule has 0 heterocycles. The number of aliphatic carboxylic acids is 2. The van der Waals surface area contributed by atoms with Crippen molar-refractivity contribution in [1.29, 1.82) is 0 Å². The van der Waals surface area contributed by atoms with Crippen LogP contribution in [0, 0.1) is 16.7 Å². The highest BCUT2D eigenvalue weighted by molar-refractivity contribution is 5.88. The zero-order valence-electron chi connectivity index (χ0n) is 26.7. The summed E-state index contributed by atoms with van der Waals surface area (Å²) in [6.07, 6.45) is 6.24. The molecular weight excluding hydrogens is 572 g/mol. The second kappa shape index (κ2) is 12.9. The van der Waals surface area contributed by atoms with Crippen molar-refractivity contribution in [2.75, 3.05) is 0 Å². The number of hydrogen-bond acceptors (Lipinski definition) is 5. The van der Waals surface area contributed by atoms with Gasteiger partial charge in [-0.2, -0.15) is 0 Å². The molecule has 3 fully saturated rings. The second-order valence-electron chi connectivity index (χ2n) is 14.1. The molecule has 0 spiro atoms. The first-order valence-electron chi connectivity index (χ1n) is 16.2. The molecule has 2 aromatic carbocycles. The van der Waals surface area contributed by atoms with Crippen molar-refractivity contribution >= 4 is 23.8 Å². The molecule has 5 rings (SSSR count). The third kappa shape index (κ3) is 7.18. The maximum Gasteiger partial charge on any atom is 0.326 e. The van der Waals surface area contributed by atoms with Crippen LogP contribution in [0.5, 0.6) is 5.75 Å². The van der Waals surface area contributed by atoms with Gasteiger partial charge in [0.25, 0.3) is 0 Å². The van der Waals surface area contributed by atoms with Crippen LogP contribution in [0.2, 0.25) is 0 Å². The smallest absolute Gasteiger partial charge is 0.326 e. The van der Waals surface area contributed by atoms with E-state index in [9.17, 15) is 29.4 Å². The number of carbonyl (C=O) groups excluding carboxylic acids is 2. The highest BCUT2D eigenvalue weighted by Gasteiger charge is 2.56. The number of carbonyl (C=O) groups is 4. The molecular formula is C36H46N2O7. The summed E-state index contributed by atoms with van der Waals surface area (Å²) in [5.74, 6) is -1.14. The predicted molar refractivity (Wildman–Crippen MR) is 169 cm³/mol. The molecule has 3 aliphatic carbocycles. The zero-order chi connectivity index (χ0) is 32.5. The van der Waals surface area contributed by atoms with Crippen LogP contribution in [0.3, 0.4) is 0 Å². The fraction of sp³-hybridized carbons (Fsp3) is 0.556. The van der Waals surface area contributed by atoms with Crippen molar-refractivity contribution in [3.8, 4) is 5.75 Å². The van der Waals surface area contributed by atoms with Crippen molar-refractivity contribution in [3.05, 3.63) is 64.7 Å². The van der Waals surface area contributed by atoms with Crippen LogP contribution in [-0.4, -0.2) is 46.0 Å². The van der Waals surface area contributed by atoms with E-state index in [1.165, 1.54) is 49.3 Å². The lowest BCUT2D eigenvalue weighted by Crippen LogP contribution is -2.51. The lowest BCUT2D eigenvalue weighted by Gasteiger charge is -2.40. The fourth-order valence-electron chi connectivity index (χ4n) is 6.91. The molecule has 242 valence electrons. The van der Waals surface area contributed by atoms with Gasteiger partial charge < -0.3 is 25.6 Å². The predicted octanol–water partition coefficient (Wildman–Crippen LogP) is 5.55. The van der Waals surface area contributed by atoms with Gasteiger partial charge >= 0.3 is 11.9 Å². The monoisotopic (exact) mass is 618 g/mol. The van der Waals surface area contributed by atoms with E-state index in [2.05, 4.69) is 28.8 Å². The molecule has 0 radical (unpaired) electrons. The van der Waals surface area contributed by atoms with Gasteiger partial charge in [-0.1, -0.05) is 51.1 Å². The molecule has 9 heteroatoms. The second-order valence-corrected chi connectivity index (χ2v) is 14.1. The molecule has 4 N–H and O–H groups in total. The van der Waals surface area contributed by atoms with Crippen molar-refractivity contribution in [3.63, 3.8) is 0 Å². The maximum atomic E-state index is 13.1. The molecule has 0 unspecified atom stereocenters. The summed E-state index contributed by atoms with van der Waals surface area (Å²) in [7, 11) is 0. The molecule has 2 amide bonds. The van der Waals surface area contributed by atoms with Gasteiger partial charge in [0, 0.05) is 12.8 Å². The summed E-state index contributed by atoms with van der Waals surface area (Å²) in [6.45, 7) is 7.57. The molecule has 3 aliphatic rings. The van der Waals surface area contributed by atoms with Gasteiger partial charge in [0.15, 0.2) is 0 Å². The van der Waals surface area contributed by atoms with E-state index in [-0.39, 0.29) is 30.6 Å².